The van der Waals surface area contributed by atoms with Gasteiger partial charge in [0.05, 0.1) is 5.92 Å². The molecule has 1 aromatic rings. The van der Waals surface area contributed by atoms with Crippen LogP contribution in [0.15, 0.2) is 24.3 Å². The van der Waals surface area contributed by atoms with E-state index < -0.39 is 18.2 Å². The summed E-state index contributed by atoms with van der Waals surface area (Å²) in [5, 5.41) is 0. The summed E-state index contributed by atoms with van der Waals surface area (Å²) in [6.45, 7) is 1.55. The highest BCUT2D eigenvalue weighted by molar-refractivity contribution is 5.37. The van der Waals surface area contributed by atoms with Crippen LogP contribution in [0.2, 0.25) is 0 Å². The third kappa shape index (κ3) is 2.01. The molecule has 0 bridgehead atoms. The Morgan fingerprint density at radius 3 is 2.62 bits per heavy atom. The Hall–Kier alpha value is -1.19. The van der Waals surface area contributed by atoms with Gasteiger partial charge in [-0.1, -0.05) is 25.1 Å². The second-order valence-corrected chi connectivity index (χ2v) is 4.02. The van der Waals surface area contributed by atoms with Gasteiger partial charge in [-0.05, 0) is 18.1 Å². The van der Waals surface area contributed by atoms with Gasteiger partial charge in [-0.25, -0.2) is 0 Å². The number of halogens is 3. The van der Waals surface area contributed by atoms with Crippen molar-refractivity contribution in [3.05, 3.63) is 29.8 Å². The number of ether oxygens (including phenoxy) is 1. The van der Waals surface area contributed by atoms with Crippen molar-refractivity contribution >= 4 is 0 Å². The maximum Gasteiger partial charge on any atom is 0.395 e. The molecule has 0 aromatic heterocycles. The molecule has 1 aromatic carbocycles. The lowest BCUT2D eigenvalue weighted by Crippen LogP contribution is -2.36. The molecule has 2 rings (SSSR count). The quantitative estimate of drug-likeness (QED) is 0.754. The Balaban J connectivity index is 2.16. The fraction of sp³-hybridized carbons (Fsp3) is 0.500. The Morgan fingerprint density at radius 2 is 2.06 bits per heavy atom. The first-order valence-corrected chi connectivity index (χ1v) is 5.33. The van der Waals surface area contributed by atoms with E-state index in [0.29, 0.717) is 12.2 Å². The first-order valence-electron chi connectivity index (χ1n) is 5.33. The van der Waals surface area contributed by atoms with Crippen molar-refractivity contribution in [1.29, 1.82) is 0 Å². The van der Waals surface area contributed by atoms with Crippen molar-refractivity contribution in [3.63, 3.8) is 0 Å². The molecule has 2 unspecified atom stereocenters. The zero-order valence-corrected chi connectivity index (χ0v) is 8.92. The van der Waals surface area contributed by atoms with Crippen LogP contribution >= 0.6 is 0 Å². The van der Waals surface area contributed by atoms with Gasteiger partial charge in [0, 0.05) is 6.42 Å². The molecule has 0 radical (unpaired) electrons. The minimum absolute atomic E-state index is 0.0577. The van der Waals surface area contributed by atoms with Crippen LogP contribution in [0.1, 0.15) is 18.9 Å². The average Bonchev–Trinajstić information content (AvgIpc) is 2.59. The number of benzene rings is 1. The zero-order chi connectivity index (χ0) is 11.8. The second kappa shape index (κ2) is 4.00. The van der Waals surface area contributed by atoms with E-state index in [2.05, 4.69) is 0 Å². The summed E-state index contributed by atoms with van der Waals surface area (Å²) in [5.41, 5.74) is 0.871. The van der Waals surface area contributed by atoms with Crippen LogP contribution in [-0.2, 0) is 6.42 Å². The van der Waals surface area contributed by atoms with Gasteiger partial charge in [0.15, 0.2) is 0 Å². The third-order valence-electron chi connectivity index (χ3n) is 2.98. The lowest BCUT2D eigenvalue weighted by atomic mass is 9.95. The molecule has 0 N–H and O–H groups in total. The minimum Gasteiger partial charge on any atom is -0.489 e. The summed E-state index contributed by atoms with van der Waals surface area (Å²) in [5.74, 6) is -0.782. The number of hydrogen-bond acceptors (Lipinski definition) is 1. The fourth-order valence-corrected chi connectivity index (χ4v) is 2.14. The van der Waals surface area contributed by atoms with Crippen LogP contribution in [0.25, 0.3) is 0 Å². The Bertz CT molecular complexity index is 348. The highest BCUT2D eigenvalue weighted by Gasteiger charge is 2.46. The van der Waals surface area contributed by atoms with E-state index >= 15 is 0 Å². The molecule has 16 heavy (non-hydrogen) atoms. The number of rotatable bonds is 2. The van der Waals surface area contributed by atoms with Gasteiger partial charge in [-0.15, -0.1) is 0 Å². The number of fused-ring (bicyclic) bond motifs is 1. The third-order valence-corrected chi connectivity index (χ3v) is 2.98. The van der Waals surface area contributed by atoms with Crippen molar-refractivity contribution in [2.24, 2.45) is 5.92 Å². The summed E-state index contributed by atoms with van der Waals surface area (Å²) >= 11 is 0. The van der Waals surface area contributed by atoms with Crippen LogP contribution in [-0.4, -0.2) is 12.3 Å². The molecule has 1 aliphatic heterocycles. The number of alkyl halides is 3. The lowest BCUT2D eigenvalue weighted by molar-refractivity contribution is -0.194. The topological polar surface area (TPSA) is 9.23 Å². The molecule has 1 heterocycles. The standard InChI is InChI=1S/C12H13F3O/c1-2-9(12(13,14)15)11-7-8-5-3-4-6-10(8)16-11/h3-6,9,11H,2,7H2,1H3. The van der Waals surface area contributed by atoms with Crippen molar-refractivity contribution in [2.75, 3.05) is 0 Å². The van der Waals surface area contributed by atoms with E-state index in [1.807, 2.05) is 12.1 Å². The van der Waals surface area contributed by atoms with Gasteiger partial charge in [-0.3, -0.25) is 0 Å². The highest BCUT2D eigenvalue weighted by Crippen LogP contribution is 2.39. The predicted octanol–water partition coefficient (Wildman–Crippen LogP) is 3.58. The summed E-state index contributed by atoms with van der Waals surface area (Å²) in [6, 6.07) is 7.13. The lowest BCUT2D eigenvalue weighted by Gasteiger charge is -2.24. The van der Waals surface area contributed by atoms with E-state index in [0.717, 1.165) is 5.56 Å². The Morgan fingerprint density at radius 1 is 1.38 bits per heavy atom. The van der Waals surface area contributed by atoms with Crippen molar-refractivity contribution in [3.8, 4) is 5.75 Å². The predicted molar refractivity (Wildman–Crippen MR) is 54.4 cm³/mol. The maximum absolute atomic E-state index is 12.7. The second-order valence-electron chi connectivity index (χ2n) is 4.02. The largest absolute Gasteiger partial charge is 0.489 e. The van der Waals surface area contributed by atoms with Crippen LogP contribution in [0.4, 0.5) is 13.2 Å². The van der Waals surface area contributed by atoms with Crippen LogP contribution in [0.5, 0.6) is 5.75 Å². The number of hydrogen-bond donors (Lipinski definition) is 0. The van der Waals surface area contributed by atoms with Crippen molar-refractivity contribution in [2.45, 2.75) is 32.0 Å². The van der Waals surface area contributed by atoms with Gasteiger partial charge in [0.25, 0.3) is 0 Å². The monoisotopic (exact) mass is 230 g/mol. The maximum atomic E-state index is 12.7. The molecule has 0 aliphatic carbocycles. The molecule has 0 spiro atoms. The molecule has 0 saturated carbocycles. The number of para-hydroxylation sites is 1. The molecule has 4 heteroatoms. The van der Waals surface area contributed by atoms with E-state index in [1.54, 1.807) is 19.1 Å². The van der Waals surface area contributed by atoms with Gasteiger partial charge in [-0.2, -0.15) is 13.2 Å². The molecule has 0 fully saturated rings. The van der Waals surface area contributed by atoms with Crippen molar-refractivity contribution < 1.29 is 17.9 Å². The molecule has 2 atom stereocenters. The van der Waals surface area contributed by atoms with Crippen LogP contribution < -0.4 is 4.74 Å². The molecule has 1 nitrogen and oxygen atoms in total. The molecule has 88 valence electrons. The fourth-order valence-electron chi connectivity index (χ4n) is 2.14. The summed E-state index contributed by atoms with van der Waals surface area (Å²) < 4.78 is 43.5. The normalized spacial score (nSPS) is 21.4. The average molecular weight is 230 g/mol. The molecular formula is C12H13F3O. The Kier molecular flexibility index (Phi) is 2.82. The van der Waals surface area contributed by atoms with E-state index in [9.17, 15) is 13.2 Å². The van der Waals surface area contributed by atoms with Crippen LogP contribution in [0.3, 0.4) is 0 Å². The molecule has 1 aliphatic rings. The van der Waals surface area contributed by atoms with Gasteiger partial charge >= 0.3 is 6.18 Å². The first-order chi connectivity index (χ1) is 7.52. The smallest absolute Gasteiger partial charge is 0.395 e. The zero-order valence-electron chi connectivity index (χ0n) is 8.92. The highest BCUT2D eigenvalue weighted by atomic mass is 19.4. The van der Waals surface area contributed by atoms with E-state index in [-0.39, 0.29) is 6.42 Å². The van der Waals surface area contributed by atoms with Gasteiger partial charge < -0.3 is 4.74 Å². The molecule has 0 saturated heterocycles. The molecular weight excluding hydrogens is 217 g/mol. The van der Waals surface area contributed by atoms with Crippen molar-refractivity contribution in [1.82, 2.24) is 0 Å². The van der Waals surface area contributed by atoms with E-state index in [1.165, 1.54) is 0 Å². The minimum atomic E-state index is -4.18. The SMILES string of the molecule is CCC(C1Cc2ccccc2O1)C(F)(F)F. The van der Waals surface area contributed by atoms with Crippen LogP contribution in [0, 0.1) is 5.92 Å². The first kappa shape index (κ1) is 11.3. The summed E-state index contributed by atoms with van der Waals surface area (Å²) in [7, 11) is 0. The summed E-state index contributed by atoms with van der Waals surface area (Å²) in [4.78, 5) is 0. The van der Waals surface area contributed by atoms with Gasteiger partial charge in [0.1, 0.15) is 11.9 Å². The molecule has 0 amide bonds. The Labute approximate surface area is 92.2 Å². The summed E-state index contributed by atoms with van der Waals surface area (Å²) in [6.07, 6.45) is -4.53. The van der Waals surface area contributed by atoms with Gasteiger partial charge in [0.2, 0.25) is 0 Å². The van der Waals surface area contributed by atoms with E-state index in [4.69, 9.17) is 4.74 Å².